The quantitative estimate of drug-likeness (QED) is 0.668. The number of halogens is 1. The number of hydrogen-bond acceptors (Lipinski definition) is 0. The van der Waals surface area contributed by atoms with Crippen molar-refractivity contribution in [3.8, 4) is 0 Å². The average Bonchev–Trinajstić information content (AvgIpc) is 2.20. The van der Waals surface area contributed by atoms with Crippen LogP contribution in [-0.2, 0) is 0 Å². The molecule has 1 heteroatoms. The minimum absolute atomic E-state index is 0.189. The Morgan fingerprint density at radius 1 is 1.21 bits per heavy atom. The van der Waals surface area contributed by atoms with Crippen LogP contribution in [0.2, 0.25) is 0 Å². The molecule has 0 aliphatic rings. The van der Waals surface area contributed by atoms with Gasteiger partial charge < -0.3 is 0 Å². The summed E-state index contributed by atoms with van der Waals surface area (Å²) in [6.45, 7) is 8.39. The molecule has 0 amide bonds. The fourth-order valence-electron chi connectivity index (χ4n) is 1.68. The van der Waals surface area contributed by atoms with E-state index in [1.807, 2.05) is 0 Å². The molecule has 0 unspecified atom stereocenters. The van der Waals surface area contributed by atoms with Gasteiger partial charge in [0.05, 0.1) is 0 Å². The summed E-state index contributed by atoms with van der Waals surface area (Å²) in [5, 5.41) is 0. The summed E-state index contributed by atoms with van der Waals surface area (Å²) in [6, 6.07) is 6.58. The molecule has 0 bridgehead atoms. The molecular weight excluding hydrogens is 175 g/mol. The predicted octanol–water partition coefficient (Wildman–Crippen LogP) is 4.28. The van der Waals surface area contributed by atoms with E-state index >= 15 is 0 Å². The number of hydrogen-bond donors (Lipinski definition) is 0. The van der Waals surface area contributed by atoms with Crippen LogP contribution in [0.4, 0.5) is 4.39 Å². The van der Waals surface area contributed by atoms with Gasteiger partial charge in [0.2, 0.25) is 0 Å². The second kappa shape index (κ2) is 4.94. The second-order valence-corrected chi connectivity index (χ2v) is 3.55. The van der Waals surface area contributed by atoms with Crippen LogP contribution in [-0.4, -0.2) is 0 Å². The van der Waals surface area contributed by atoms with E-state index in [0.29, 0.717) is 5.92 Å². The van der Waals surface area contributed by atoms with Crippen LogP contribution < -0.4 is 0 Å². The standard InChI is InChI=1S/C13H17F/c1-4-11(5-2)10(3)12-6-8-13(14)9-7-12/h6-9,11H,3-5H2,1-2H3. The van der Waals surface area contributed by atoms with E-state index < -0.39 is 0 Å². The summed E-state index contributed by atoms with van der Waals surface area (Å²) in [7, 11) is 0. The fourth-order valence-corrected chi connectivity index (χ4v) is 1.68. The SMILES string of the molecule is C=C(c1ccc(F)cc1)C(CC)CC. The van der Waals surface area contributed by atoms with Crippen molar-refractivity contribution < 1.29 is 4.39 Å². The van der Waals surface area contributed by atoms with Crippen LogP contribution in [0, 0.1) is 11.7 Å². The van der Waals surface area contributed by atoms with Gasteiger partial charge in [-0.2, -0.15) is 0 Å². The largest absolute Gasteiger partial charge is 0.207 e. The molecule has 1 aromatic carbocycles. The van der Waals surface area contributed by atoms with E-state index in [4.69, 9.17) is 0 Å². The van der Waals surface area contributed by atoms with Gasteiger partial charge in [-0.25, -0.2) is 4.39 Å². The topological polar surface area (TPSA) is 0 Å². The van der Waals surface area contributed by atoms with Crippen LogP contribution in [0.15, 0.2) is 30.8 Å². The summed E-state index contributed by atoms with van der Waals surface area (Å²) in [5.74, 6) is 0.326. The van der Waals surface area contributed by atoms with Gasteiger partial charge in [-0.15, -0.1) is 0 Å². The van der Waals surface area contributed by atoms with E-state index in [1.165, 1.54) is 12.1 Å². The van der Waals surface area contributed by atoms with Crippen molar-refractivity contribution in [1.82, 2.24) is 0 Å². The third kappa shape index (κ3) is 2.44. The summed E-state index contributed by atoms with van der Waals surface area (Å²) in [4.78, 5) is 0. The summed E-state index contributed by atoms with van der Waals surface area (Å²) in [5.41, 5.74) is 2.18. The van der Waals surface area contributed by atoms with Crippen molar-refractivity contribution in [2.75, 3.05) is 0 Å². The smallest absolute Gasteiger partial charge is 0.123 e. The Morgan fingerprint density at radius 2 is 1.71 bits per heavy atom. The molecule has 0 radical (unpaired) electrons. The molecule has 0 N–H and O–H groups in total. The first-order chi connectivity index (χ1) is 6.69. The maximum absolute atomic E-state index is 12.7. The van der Waals surface area contributed by atoms with E-state index in [2.05, 4.69) is 20.4 Å². The molecule has 1 aromatic rings. The molecule has 0 atom stereocenters. The maximum atomic E-state index is 12.7. The molecule has 0 aromatic heterocycles. The average molecular weight is 192 g/mol. The lowest BCUT2D eigenvalue weighted by Gasteiger charge is -2.15. The molecule has 0 aliphatic heterocycles. The molecule has 0 aliphatic carbocycles. The van der Waals surface area contributed by atoms with E-state index in [-0.39, 0.29) is 5.82 Å². The molecule has 0 saturated carbocycles. The minimum Gasteiger partial charge on any atom is -0.207 e. The Kier molecular flexibility index (Phi) is 3.87. The van der Waals surface area contributed by atoms with E-state index in [0.717, 1.165) is 24.0 Å². The van der Waals surface area contributed by atoms with Gasteiger partial charge in [-0.1, -0.05) is 32.6 Å². The lowest BCUT2D eigenvalue weighted by molar-refractivity contribution is 0.620. The van der Waals surface area contributed by atoms with Gasteiger partial charge in [0.25, 0.3) is 0 Å². The van der Waals surface area contributed by atoms with Crippen LogP contribution in [0.3, 0.4) is 0 Å². The predicted molar refractivity (Wildman–Crippen MR) is 59.5 cm³/mol. The molecule has 0 saturated heterocycles. The van der Waals surface area contributed by atoms with Crippen LogP contribution in [0.1, 0.15) is 32.3 Å². The van der Waals surface area contributed by atoms with E-state index in [9.17, 15) is 4.39 Å². The van der Waals surface area contributed by atoms with Crippen molar-refractivity contribution >= 4 is 5.57 Å². The first-order valence-electron chi connectivity index (χ1n) is 5.13. The van der Waals surface area contributed by atoms with Gasteiger partial charge in [-0.3, -0.25) is 0 Å². The van der Waals surface area contributed by atoms with E-state index in [1.54, 1.807) is 12.1 Å². The van der Waals surface area contributed by atoms with Crippen LogP contribution in [0.25, 0.3) is 5.57 Å². The van der Waals surface area contributed by atoms with Gasteiger partial charge in [0, 0.05) is 0 Å². The third-order valence-electron chi connectivity index (χ3n) is 2.69. The molecule has 14 heavy (non-hydrogen) atoms. The zero-order valence-corrected chi connectivity index (χ0v) is 8.89. The first-order valence-corrected chi connectivity index (χ1v) is 5.13. The normalized spacial score (nSPS) is 10.6. The molecule has 0 nitrogen and oxygen atoms in total. The second-order valence-electron chi connectivity index (χ2n) is 3.55. The Labute approximate surface area is 85.5 Å². The van der Waals surface area contributed by atoms with Gasteiger partial charge in [-0.05, 0) is 42.0 Å². The molecule has 0 heterocycles. The zero-order valence-electron chi connectivity index (χ0n) is 8.89. The highest BCUT2D eigenvalue weighted by Crippen LogP contribution is 2.26. The zero-order chi connectivity index (χ0) is 10.6. The lowest BCUT2D eigenvalue weighted by Crippen LogP contribution is -1.99. The highest BCUT2D eigenvalue weighted by atomic mass is 19.1. The molecule has 1 rings (SSSR count). The van der Waals surface area contributed by atoms with Crippen molar-refractivity contribution in [3.05, 3.63) is 42.2 Å². The Bertz CT molecular complexity index is 294. The Balaban J connectivity index is 2.83. The minimum atomic E-state index is -0.189. The van der Waals surface area contributed by atoms with Gasteiger partial charge in [0.1, 0.15) is 5.82 Å². The van der Waals surface area contributed by atoms with Gasteiger partial charge >= 0.3 is 0 Å². The maximum Gasteiger partial charge on any atom is 0.123 e. The molecule has 76 valence electrons. The van der Waals surface area contributed by atoms with Gasteiger partial charge in [0.15, 0.2) is 0 Å². The summed E-state index contributed by atoms with van der Waals surface area (Å²) in [6.07, 6.45) is 2.18. The summed E-state index contributed by atoms with van der Waals surface area (Å²) >= 11 is 0. The van der Waals surface area contributed by atoms with Crippen LogP contribution >= 0.6 is 0 Å². The first kappa shape index (κ1) is 11.0. The highest BCUT2D eigenvalue weighted by molar-refractivity contribution is 5.65. The molecule has 0 spiro atoms. The fraction of sp³-hybridized carbons (Fsp3) is 0.385. The summed E-state index contributed by atoms with van der Waals surface area (Å²) < 4.78 is 12.7. The van der Waals surface area contributed by atoms with Crippen molar-refractivity contribution in [1.29, 1.82) is 0 Å². The number of rotatable bonds is 4. The highest BCUT2D eigenvalue weighted by Gasteiger charge is 2.09. The Morgan fingerprint density at radius 3 is 2.14 bits per heavy atom. The molecular formula is C13H17F. The Hall–Kier alpha value is -1.11. The number of allylic oxidation sites excluding steroid dienone is 1. The lowest BCUT2D eigenvalue weighted by atomic mass is 9.90. The third-order valence-corrected chi connectivity index (χ3v) is 2.69. The van der Waals surface area contributed by atoms with Crippen molar-refractivity contribution in [2.45, 2.75) is 26.7 Å². The number of benzene rings is 1. The van der Waals surface area contributed by atoms with Crippen molar-refractivity contribution in [3.63, 3.8) is 0 Å². The monoisotopic (exact) mass is 192 g/mol. The molecule has 0 fully saturated rings. The van der Waals surface area contributed by atoms with Crippen molar-refractivity contribution in [2.24, 2.45) is 5.92 Å². The van der Waals surface area contributed by atoms with Crippen LogP contribution in [0.5, 0.6) is 0 Å².